The van der Waals surface area contributed by atoms with Crippen LogP contribution in [0.5, 0.6) is 0 Å². The third-order valence-corrected chi connectivity index (χ3v) is 5.01. The van der Waals surface area contributed by atoms with E-state index in [2.05, 4.69) is 47.7 Å². The molecular weight excluding hydrogens is 208 g/mol. The van der Waals surface area contributed by atoms with Crippen molar-refractivity contribution in [3.05, 3.63) is 0 Å². The van der Waals surface area contributed by atoms with Crippen LogP contribution in [0.15, 0.2) is 0 Å². The molecule has 0 radical (unpaired) electrons. The molecule has 0 rings (SSSR count). The van der Waals surface area contributed by atoms with E-state index in [1.54, 1.807) is 0 Å². The van der Waals surface area contributed by atoms with Gasteiger partial charge in [-0.2, -0.15) is 11.1 Å². The molecule has 0 N–H and O–H groups in total. The molecule has 0 fully saturated rings. The Labute approximate surface area is 96.1 Å². The summed E-state index contributed by atoms with van der Waals surface area (Å²) in [5.41, 5.74) is 0.858. The molecule has 0 amide bonds. The third-order valence-electron chi connectivity index (χ3n) is 2.81. The van der Waals surface area contributed by atoms with Crippen LogP contribution in [-0.4, -0.2) is 7.38 Å². The van der Waals surface area contributed by atoms with Gasteiger partial charge in [-0.3, -0.25) is 0 Å². The van der Waals surface area contributed by atoms with Crippen LogP contribution in [0, 0.1) is 10.8 Å². The molecule has 0 aliphatic rings. The first kappa shape index (κ1) is 14.5. The van der Waals surface area contributed by atoms with Crippen LogP contribution in [0.3, 0.4) is 0 Å². The zero-order valence-electron chi connectivity index (χ0n) is 11.0. The minimum Gasteiger partial charge on any atom is -0.168 e. The smallest absolute Gasteiger partial charge is 0.151 e. The molecule has 0 saturated carbocycles. The summed E-state index contributed by atoms with van der Waals surface area (Å²) in [6, 6.07) is 1.21. The normalized spacial score (nSPS) is 14.6. The van der Waals surface area contributed by atoms with Crippen molar-refractivity contribution in [1.82, 2.24) is 0 Å². The predicted molar refractivity (Wildman–Crippen MR) is 70.6 cm³/mol. The molecule has 0 aliphatic carbocycles. The number of hydrogen-bond donors (Lipinski definition) is 0. The van der Waals surface area contributed by atoms with Gasteiger partial charge in [0.2, 0.25) is 0 Å². The Bertz CT molecular complexity index is 177. The summed E-state index contributed by atoms with van der Waals surface area (Å²) >= 11 is 6.43. The summed E-state index contributed by atoms with van der Waals surface area (Å²) in [5, 5.41) is 0. The van der Waals surface area contributed by atoms with Gasteiger partial charge in [0.05, 0.1) is 0 Å². The Kier molecular flexibility index (Phi) is 4.73. The fourth-order valence-electron chi connectivity index (χ4n) is 2.62. The topological polar surface area (TPSA) is 0 Å². The van der Waals surface area contributed by atoms with Crippen molar-refractivity contribution in [2.45, 2.75) is 66.6 Å². The molecule has 0 aliphatic heterocycles. The van der Waals surface area contributed by atoms with Crippen LogP contribution in [0.1, 0.15) is 47.5 Å². The van der Waals surface area contributed by atoms with Crippen molar-refractivity contribution in [2.75, 3.05) is 0 Å². The monoisotopic (exact) mass is 234 g/mol. The lowest BCUT2D eigenvalue weighted by Gasteiger charge is -2.37. The van der Waals surface area contributed by atoms with E-state index in [1.165, 1.54) is 18.9 Å². The number of hydrogen-bond acceptors (Lipinski definition) is 0. The van der Waals surface area contributed by atoms with Gasteiger partial charge in [0.15, 0.2) is 7.38 Å². The van der Waals surface area contributed by atoms with E-state index < -0.39 is 7.38 Å². The molecule has 0 aromatic heterocycles. The Morgan fingerprint density at radius 3 is 1.71 bits per heavy atom. The Balaban J connectivity index is 4.35. The highest BCUT2D eigenvalue weighted by atomic mass is 35.6. The molecule has 14 heavy (non-hydrogen) atoms. The van der Waals surface area contributed by atoms with Crippen LogP contribution in [0.25, 0.3) is 0 Å². The highest BCUT2D eigenvalue weighted by molar-refractivity contribution is 7.19. The van der Waals surface area contributed by atoms with Crippen molar-refractivity contribution in [1.29, 1.82) is 0 Å². The fourth-order valence-corrected chi connectivity index (χ4v) is 6.11. The van der Waals surface area contributed by atoms with E-state index in [4.69, 9.17) is 11.1 Å². The van der Waals surface area contributed by atoms with Crippen LogP contribution in [0.2, 0.25) is 19.1 Å². The summed E-state index contributed by atoms with van der Waals surface area (Å²) < 4.78 is 0. The van der Waals surface area contributed by atoms with Crippen LogP contribution >= 0.6 is 11.1 Å². The van der Waals surface area contributed by atoms with Gasteiger partial charge in [-0.1, -0.05) is 54.1 Å². The maximum Gasteiger partial charge on any atom is 0.151 e. The molecule has 0 heterocycles. The summed E-state index contributed by atoms with van der Waals surface area (Å²) in [6.07, 6.45) is 2.53. The van der Waals surface area contributed by atoms with Crippen molar-refractivity contribution < 1.29 is 0 Å². The Morgan fingerprint density at radius 1 is 1.00 bits per heavy atom. The van der Waals surface area contributed by atoms with E-state index >= 15 is 0 Å². The van der Waals surface area contributed by atoms with E-state index in [1.807, 2.05) is 0 Å². The highest BCUT2D eigenvalue weighted by Gasteiger charge is 2.33. The second-order valence-corrected chi connectivity index (χ2v) is 13.6. The van der Waals surface area contributed by atoms with Crippen LogP contribution in [-0.2, 0) is 0 Å². The minimum absolute atomic E-state index is 0.400. The lowest BCUT2D eigenvalue weighted by Crippen LogP contribution is -2.30. The molecule has 2 heteroatoms. The maximum atomic E-state index is 6.43. The summed E-state index contributed by atoms with van der Waals surface area (Å²) in [7, 11) is -1.43. The lowest BCUT2D eigenvalue weighted by atomic mass is 9.75. The first-order valence-corrected chi connectivity index (χ1v) is 9.88. The van der Waals surface area contributed by atoms with Gasteiger partial charge < -0.3 is 0 Å². The molecule has 0 spiro atoms. The van der Waals surface area contributed by atoms with Gasteiger partial charge in [0, 0.05) is 0 Å². The molecule has 0 atom stereocenters. The highest BCUT2D eigenvalue weighted by Crippen LogP contribution is 2.41. The minimum atomic E-state index is -1.43. The van der Waals surface area contributed by atoms with Crippen molar-refractivity contribution in [2.24, 2.45) is 10.8 Å². The van der Waals surface area contributed by atoms with E-state index in [0.29, 0.717) is 10.8 Å². The Morgan fingerprint density at radius 2 is 1.43 bits per heavy atom. The molecule has 0 saturated heterocycles. The van der Waals surface area contributed by atoms with Gasteiger partial charge in [-0.25, -0.2) is 0 Å². The predicted octanol–water partition coefficient (Wildman–Crippen LogP) is 5.28. The molecule has 0 bridgehead atoms. The largest absolute Gasteiger partial charge is 0.168 e. The van der Waals surface area contributed by atoms with Gasteiger partial charge in [-0.05, 0) is 23.3 Å². The van der Waals surface area contributed by atoms with E-state index in [0.717, 1.165) is 0 Å². The van der Waals surface area contributed by atoms with Gasteiger partial charge in [0.1, 0.15) is 0 Å². The van der Waals surface area contributed by atoms with Crippen molar-refractivity contribution in [3.8, 4) is 0 Å². The second-order valence-electron chi connectivity index (χ2n) is 6.75. The molecule has 0 aromatic rings. The maximum absolute atomic E-state index is 6.43. The standard InChI is InChI=1S/C12H27ClSi/c1-8-11(2,3)9-12(4,5)10-14(6,7)13/h8-10H2,1-7H3. The average molecular weight is 235 g/mol. The van der Waals surface area contributed by atoms with E-state index in [9.17, 15) is 0 Å². The molecule has 0 aromatic carbocycles. The zero-order chi connectivity index (χ0) is 11.6. The Hall–Kier alpha value is 0.507. The molecule has 0 nitrogen and oxygen atoms in total. The lowest BCUT2D eigenvalue weighted by molar-refractivity contribution is 0.205. The number of rotatable bonds is 5. The number of halogens is 1. The zero-order valence-corrected chi connectivity index (χ0v) is 12.8. The van der Waals surface area contributed by atoms with Crippen molar-refractivity contribution in [3.63, 3.8) is 0 Å². The van der Waals surface area contributed by atoms with Gasteiger partial charge in [-0.15, -0.1) is 0 Å². The average Bonchev–Trinajstić information content (AvgIpc) is 1.78. The summed E-state index contributed by atoms with van der Waals surface area (Å²) in [5.74, 6) is 0. The summed E-state index contributed by atoms with van der Waals surface area (Å²) in [4.78, 5) is 0. The second kappa shape index (κ2) is 4.57. The quantitative estimate of drug-likeness (QED) is 0.448. The molecule has 0 unspecified atom stereocenters. The third kappa shape index (κ3) is 6.89. The summed E-state index contributed by atoms with van der Waals surface area (Å²) in [6.45, 7) is 16.2. The molecular formula is C12H27ClSi. The molecule has 86 valence electrons. The van der Waals surface area contributed by atoms with E-state index in [-0.39, 0.29) is 0 Å². The first-order chi connectivity index (χ1) is 5.97. The first-order valence-electron chi connectivity index (χ1n) is 5.66. The van der Waals surface area contributed by atoms with Gasteiger partial charge >= 0.3 is 0 Å². The van der Waals surface area contributed by atoms with Crippen molar-refractivity contribution >= 4 is 18.5 Å². The van der Waals surface area contributed by atoms with Crippen LogP contribution in [0.4, 0.5) is 0 Å². The fraction of sp³-hybridized carbons (Fsp3) is 1.00. The van der Waals surface area contributed by atoms with Gasteiger partial charge in [0.25, 0.3) is 0 Å². The van der Waals surface area contributed by atoms with Crippen LogP contribution < -0.4 is 0 Å². The SMILES string of the molecule is CCC(C)(C)CC(C)(C)C[Si](C)(C)Cl.